The van der Waals surface area contributed by atoms with E-state index in [4.69, 9.17) is 11.6 Å². The Morgan fingerprint density at radius 2 is 2.31 bits per heavy atom. The number of piperidine rings is 1. The van der Waals surface area contributed by atoms with Crippen molar-refractivity contribution in [2.45, 2.75) is 31.8 Å². The van der Waals surface area contributed by atoms with Gasteiger partial charge in [-0.2, -0.15) is 0 Å². The van der Waals surface area contributed by atoms with Crippen molar-refractivity contribution in [2.24, 2.45) is 0 Å². The Balaban J connectivity index is 1.99. The number of likely N-dealkylation sites (tertiary alicyclic amines) is 1. The highest BCUT2D eigenvalue weighted by Crippen LogP contribution is 2.19. The number of rotatable bonds is 3. The molecule has 1 aromatic heterocycles. The quantitative estimate of drug-likeness (QED) is 0.822. The van der Waals surface area contributed by atoms with Gasteiger partial charge >= 0.3 is 0 Å². The van der Waals surface area contributed by atoms with E-state index in [2.05, 4.69) is 9.88 Å². The first-order valence-electron chi connectivity index (χ1n) is 5.75. The van der Waals surface area contributed by atoms with Crippen LogP contribution in [0.15, 0.2) is 18.3 Å². The van der Waals surface area contributed by atoms with Crippen LogP contribution in [0.5, 0.6) is 0 Å². The van der Waals surface area contributed by atoms with E-state index in [0.29, 0.717) is 11.2 Å². The summed E-state index contributed by atoms with van der Waals surface area (Å²) in [5, 5.41) is 9.83. The van der Waals surface area contributed by atoms with Crippen molar-refractivity contribution in [3.63, 3.8) is 0 Å². The number of pyridine rings is 1. The lowest BCUT2D eigenvalue weighted by atomic mass is 10.0. The first-order valence-corrected chi connectivity index (χ1v) is 6.13. The Bertz CT molecular complexity index is 328. The lowest BCUT2D eigenvalue weighted by Gasteiger charge is -2.34. The van der Waals surface area contributed by atoms with Crippen LogP contribution in [-0.2, 0) is 6.54 Å². The Labute approximate surface area is 101 Å². The minimum Gasteiger partial charge on any atom is -0.395 e. The van der Waals surface area contributed by atoms with Crippen molar-refractivity contribution in [2.75, 3.05) is 13.2 Å². The van der Waals surface area contributed by atoms with Crippen molar-refractivity contribution >= 4 is 11.6 Å². The van der Waals surface area contributed by atoms with Crippen molar-refractivity contribution in [1.82, 2.24) is 9.88 Å². The molecule has 0 spiro atoms. The number of halogens is 1. The van der Waals surface area contributed by atoms with Crippen molar-refractivity contribution in [3.05, 3.63) is 29.0 Å². The van der Waals surface area contributed by atoms with Gasteiger partial charge in [0.1, 0.15) is 5.15 Å². The maximum Gasteiger partial charge on any atom is 0.129 e. The summed E-state index contributed by atoms with van der Waals surface area (Å²) in [4.78, 5) is 6.40. The third kappa shape index (κ3) is 2.94. The summed E-state index contributed by atoms with van der Waals surface area (Å²) in [5.41, 5.74) is 1.16. The summed E-state index contributed by atoms with van der Waals surface area (Å²) in [6.07, 6.45) is 5.35. The van der Waals surface area contributed by atoms with Gasteiger partial charge < -0.3 is 5.11 Å². The molecular formula is C12H17ClN2O. The highest BCUT2D eigenvalue weighted by atomic mass is 35.5. The summed E-state index contributed by atoms with van der Waals surface area (Å²) in [7, 11) is 0. The number of aliphatic hydroxyl groups excluding tert-OH is 1. The lowest BCUT2D eigenvalue weighted by molar-refractivity contribution is 0.0840. The molecule has 1 atom stereocenters. The molecule has 0 amide bonds. The van der Waals surface area contributed by atoms with E-state index >= 15 is 0 Å². The summed E-state index contributed by atoms with van der Waals surface area (Å²) in [6.45, 7) is 2.17. The Morgan fingerprint density at radius 3 is 3.00 bits per heavy atom. The lowest BCUT2D eigenvalue weighted by Crippen LogP contribution is -2.41. The number of aromatic nitrogens is 1. The second-order valence-corrected chi connectivity index (χ2v) is 4.68. The van der Waals surface area contributed by atoms with Gasteiger partial charge in [-0.3, -0.25) is 4.90 Å². The van der Waals surface area contributed by atoms with Crippen LogP contribution in [0.3, 0.4) is 0 Å². The molecule has 2 rings (SSSR count). The average Bonchev–Trinajstić information content (AvgIpc) is 2.33. The van der Waals surface area contributed by atoms with Gasteiger partial charge in [-0.05, 0) is 31.0 Å². The molecule has 4 heteroatoms. The summed E-state index contributed by atoms with van der Waals surface area (Å²) < 4.78 is 0. The molecule has 3 nitrogen and oxygen atoms in total. The molecule has 1 aromatic rings. The number of aliphatic hydroxyl groups is 1. The standard InChI is InChI=1S/C12H17ClN2O/c13-12-5-4-10(7-14-12)8-15-6-2-1-3-11(15)9-16/h4-5,7,11,16H,1-3,6,8-9H2. The molecule has 88 valence electrons. The molecule has 2 heterocycles. The molecule has 0 bridgehead atoms. The first kappa shape index (κ1) is 11.8. The molecular weight excluding hydrogens is 224 g/mol. The SMILES string of the molecule is OCC1CCCCN1Cc1ccc(Cl)nc1. The summed E-state index contributed by atoms with van der Waals surface area (Å²) >= 11 is 5.75. The average molecular weight is 241 g/mol. The second kappa shape index (κ2) is 5.62. The fraction of sp³-hybridized carbons (Fsp3) is 0.583. The fourth-order valence-corrected chi connectivity index (χ4v) is 2.32. The summed E-state index contributed by atoms with van der Waals surface area (Å²) in [6, 6.07) is 4.12. The van der Waals surface area contributed by atoms with Crippen LogP contribution >= 0.6 is 11.6 Å². The van der Waals surface area contributed by atoms with Gasteiger partial charge in [0.2, 0.25) is 0 Å². The zero-order valence-corrected chi connectivity index (χ0v) is 10.0. The van der Waals surface area contributed by atoms with Gasteiger partial charge in [0.15, 0.2) is 0 Å². The van der Waals surface area contributed by atoms with Crippen LogP contribution in [0.4, 0.5) is 0 Å². The van der Waals surface area contributed by atoms with E-state index in [1.165, 1.54) is 12.8 Å². The van der Waals surface area contributed by atoms with Crippen molar-refractivity contribution < 1.29 is 5.11 Å². The molecule has 0 saturated carbocycles. The Kier molecular flexibility index (Phi) is 4.16. The Hall–Kier alpha value is -0.640. The number of nitrogens with zero attached hydrogens (tertiary/aromatic N) is 2. The first-order chi connectivity index (χ1) is 7.79. The molecule has 0 aliphatic carbocycles. The highest BCUT2D eigenvalue weighted by Gasteiger charge is 2.21. The monoisotopic (exact) mass is 240 g/mol. The topological polar surface area (TPSA) is 36.4 Å². The zero-order chi connectivity index (χ0) is 11.4. The molecule has 0 radical (unpaired) electrons. The van der Waals surface area contributed by atoms with Crippen LogP contribution in [0.1, 0.15) is 24.8 Å². The molecule has 1 aliphatic rings. The smallest absolute Gasteiger partial charge is 0.129 e. The predicted octanol–water partition coefficient (Wildman–Crippen LogP) is 2.08. The van der Waals surface area contributed by atoms with E-state index in [9.17, 15) is 5.11 Å². The van der Waals surface area contributed by atoms with Gasteiger partial charge in [0, 0.05) is 18.8 Å². The van der Waals surface area contributed by atoms with Gasteiger partial charge in [0.25, 0.3) is 0 Å². The maximum absolute atomic E-state index is 9.31. The maximum atomic E-state index is 9.31. The molecule has 1 N–H and O–H groups in total. The van der Waals surface area contributed by atoms with E-state index in [-0.39, 0.29) is 6.61 Å². The zero-order valence-electron chi connectivity index (χ0n) is 9.27. The van der Waals surface area contributed by atoms with Crippen molar-refractivity contribution in [3.8, 4) is 0 Å². The van der Waals surface area contributed by atoms with Crippen molar-refractivity contribution in [1.29, 1.82) is 0 Å². The normalized spacial score (nSPS) is 22.2. The second-order valence-electron chi connectivity index (χ2n) is 4.29. The minimum atomic E-state index is 0.251. The van der Waals surface area contributed by atoms with Crippen LogP contribution in [0, 0.1) is 0 Å². The molecule has 1 unspecified atom stereocenters. The third-order valence-corrected chi connectivity index (χ3v) is 3.36. The van der Waals surface area contributed by atoms with E-state index in [1.807, 2.05) is 18.3 Å². The molecule has 1 aliphatic heterocycles. The fourth-order valence-electron chi connectivity index (χ4n) is 2.21. The molecule has 1 fully saturated rings. The minimum absolute atomic E-state index is 0.251. The van der Waals surface area contributed by atoms with Gasteiger partial charge in [-0.25, -0.2) is 4.98 Å². The van der Waals surface area contributed by atoms with E-state index < -0.39 is 0 Å². The van der Waals surface area contributed by atoms with Crippen LogP contribution < -0.4 is 0 Å². The van der Waals surface area contributed by atoms with E-state index in [0.717, 1.165) is 25.1 Å². The number of hydrogen-bond donors (Lipinski definition) is 1. The van der Waals surface area contributed by atoms with E-state index in [1.54, 1.807) is 0 Å². The highest BCUT2D eigenvalue weighted by molar-refractivity contribution is 6.29. The van der Waals surface area contributed by atoms with Crippen LogP contribution in [0.25, 0.3) is 0 Å². The molecule has 16 heavy (non-hydrogen) atoms. The van der Waals surface area contributed by atoms with Crippen LogP contribution in [-0.4, -0.2) is 34.2 Å². The van der Waals surface area contributed by atoms with Gasteiger partial charge in [-0.15, -0.1) is 0 Å². The molecule has 1 saturated heterocycles. The largest absolute Gasteiger partial charge is 0.395 e. The predicted molar refractivity (Wildman–Crippen MR) is 64.4 cm³/mol. The van der Waals surface area contributed by atoms with Gasteiger partial charge in [0.05, 0.1) is 6.61 Å². The van der Waals surface area contributed by atoms with Gasteiger partial charge in [-0.1, -0.05) is 24.1 Å². The number of hydrogen-bond acceptors (Lipinski definition) is 3. The Morgan fingerprint density at radius 1 is 1.44 bits per heavy atom. The summed E-state index contributed by atoms with van der Waals surface area (Å²) in [5.74, 6) is 0. The molecule has 0 aromatic carbocycles. The van der Waals surface area contributed by atoms with Crippen LogP contribution in [0.2, 0.25) is 5.15 Å². The third-order valence-electron chi connectivity index (χ3n) is 3.13.